The van der Waals surface area contributed by atoms with Crippen LogP contribution in [0.25, 0.3) is 0 Å². The molecule has 1 aliphatic heterocycles. The highest BCUT2D eigenvalue weighted by molar-refractivity contribution is 5.43. The molecule has 4 rings (SSSR count). The number of hydrogen-bond acceptors (Lipinski definition) is 3. The zero-order chi connectivity index (χ0) is 17.1. The van der Waals surface area contributed by atoms with Crippen molar-refractivity contribution in [3.63, 3.8) is 0 Å². The molecule has 1 aliphatic carbocycles. The largest absolute Gasteiger partial charge is 0.489 e. The summed E-state index contributed by atoms with van der Waals surface area (Å²) in [7, 11) is 0. The van der Waals surface area contributed by atoms with E-state index in [1.165, 1.54) is 35.1 Å². The molecule has 1 heterocycles. The summed E-state index contributed by atoms with van der Waals surface area (Å²) in [5.41, 5.74) is 5.42. The molecule has 0 aromatic heterocycles. The Hall–Kier alpha value is -1.84. The normalized spacial score (nSPS) is 18.3. The highest BCUT2D eigenvalue weighted by atomic mass is 16.5. The lowest BCUT2D eigenvalue weighted by Crippen LogP contribution is -2.35. The topological polar surface area (TPSA) is 32.7 Å². The van der Waals surface area contributed by atoms with E-state index < -0.39 is 0 Å². The average molecular weight is 337 g/mol. The molecule has 0 unspecified atom stereocenters. The summed E-state index contributed by atoms with van der Waals surface area (Å²) in [5.74, 6) is 1.06. The zero-order valence-corrected chi connectivity index (χ0v) is 14.8. The van der Waals surface area contributed by atoms with Gasteiger partial charge in [-0.15, -0.1) is 0 Å². The molecule has 0 bridgehead atoms. The minimum absolute atomic E-state index is 0.108. The van der Waals surface area contributed by atoms with Gasteiger partial charge in [0.25, 0.3) is 0 Å². The first-order chi connectivity index (χ1) is 12.3. The van der Waals surface area contributed by atoms with Crippen molar-refractivity contribution in [2.75, 3.05) is 13.1 Å². The predicted molar refractivity (Wildman–Crippen MR) is 99.8 cm³/mol. The van der Waals surface area contributed by atoms with E-state index in [4.69, 9.17) is 4.74 Å². The number of ether oxygens (including phenoxy) is 1. The van der Waals surface area contributed by atoms with Gasteiger partial charge in [-0.05, 0) is 60.4 Å². The van der Waals surface area contributed by atoms with Gasteiger partial charge in [-0.2, -0.15) is 0 Å². The smallest absolute Gasteiger partial charge is 0.123 e. The molecule has 2 aliphatic rings. The molecule has 2 aromatic carbocycles. The summed E-state index contributed by atoms with van der Waals surface area (Å²) in [4.78, 5) is 2.43. The number of likely N-dealkylation sites (tertiary alicyclic amines) is 1. The van der Waals surface area contributed by atoms with Crippen molar-refractivity contribution >= 4 is 0 Å². The Morgan fingerprint density at radius 1 is 1.00 bits per heavy atom. The summed E-state index contributed by atoms with van der Waals surface area (Å²) >= 11 is 0. The van der Waals surface area contributed by atoms with Gasteiger partial charge in [0.1, 0.15) is 12.4 Å². The molecular formula is C22H27NO2. The van der Waals surface area contributed by atoms with Crippen molar-refractivity contribution in [2.24, 2.45) is 0 Å². The van der Waals surface area contributed by atoms with Crippen molar-refractivity contribution in [1.29, 1.82) is 0 Å². The summed E-state index contributed by atoms with van der Waals surface area (Å²) in [6.07, 6.45) is 5.25. The molecule has 0 saturated carbocycles. The van der Waals surface area contributed by atoms with Crippen molar-refractivity contribution < 1.29 is 9.84 Å². The summed E-state index contributed by atoms with van der Waals surface area (Å²) in [6, 6.07) is 15.2. The number of nitrogens with zero attached hydrogens (tertiary/aromatic N) is 1. The molecule has 132 valence electrons. The number of aliphatic hydroxyl groups excluding tert-OH is 1. The second-order valence-electron chi connectivity index (χ2n) is 7.36. The molecule has 0 amide bonds. The average Bonchev–Trinajstić information content (AvgIpc) is 3.12. The van der Waals surface area contributed by atoms with Gasteiger partial charge in [-0.3, -0.25) is 4.90 Å². The number of piperidine rings is 1. The minimum Gasteiger partial charge on any atom is -0.489 e. The second-order valence-corrected chi connectivity index (χ2v) is 7.36. The van der Waals surface area contributed by atoms with E-state index in [-0.39, 0.29) is 6.10 Å². The van der Waals surface area contributed by atoms with Gasteiger partial charge in [0.05, 0.1) is 6.10 Å². The van der Waals surface area contributed by atoms with Gasteiger partial charge < -0.3 is 9.84 Å². The molecule has 1 N–H and O–H groups in total. The summed E-state index contributed by atoms with van der Waals surface area (Å²) < 4.78 is 6.15. The van der Waals surface area contributed by atoms with Gasteiger partial charge in [0, 0.05) is 19.6 Å². The SMILES string of the molecule is OC1CCN(Cc2cccc(COc3cccc4c3CCC4)c2)CC1. The van der Waals surface area contributed by atoms with Crippen LogP contribution in [0.15, 0.2) is 42.5 Å². The van der Waals surface area contributed by atoms with Crippen molar-refractivity contribution in [3.05, 3.63) is 64.7 Å². The van der Waals surface area contributed by atoms with E-state index in [1.807, 2.05) is 0 Å². The van der Waals surface area contributed by atoms with Crippen LogP contribution in [-0.2, 0) is 26.0 Å². The fourth-order valence-corrected chi connectivity index (χ4v) is 4.03. The number of fused-ring (bicyclic) bond motifs is 1. The molecular weight excluding hydrogens is 310 g/mol. The molecule has 3 heteroatoms. The fraction of sp³-hybridized carbons (Fsp3) is 0.455. The van der Waals surface area contributed by atoms with Crippen molar-refractivity contribution in [1.82, 2.24) is 4.90 Å². The quantitative estimate of drug-likeness (QED) is 0.903. The van der Waals surface area contributed by atoms with Gasteiger partial charge in [0.2, 0.25) is 0 Å². The first-order valence-electron chi connectivity index (χ1n) is 9.50. The maximum Gasteiger partial charge on any atom is 0.123 e. The number of aryl methyl sites for hydroxylation is 1. The Kier molecular flexibility index (Phi) is 5.04. The number of benzene rings is 2. The van der Waals surface area contributed by atoms with Crippen LogP contribution in [0, 0.1) is 0 Å². The van der Waals surface area contributed by atoms with E-state index in [1.54, 1.807) is 0 Å². The predicted octanol–water partition coefficient (Wildman–Crippen LogP) is 3.71. The van der Waals surface area contributed by atoms with Crippen LogP contribution in [0.1, 0.15) is 41.5 Å². The molecule has 0 atom stereocenters. The van der Waals surface area contributed by atoms with Gasteiger partial charge >= 0.3 is 0 Å². The van der Waals surface area contributed by atoms with E-state index in [9.17, 15) is 5.11 Å². The molecule has 2 aromatic rings. The van der Waals surface area contributed by atoms with Crippen molar-refractivity contribution in [3.8, 4) is 5.75 Å². The first-order valence-corrected chi connectivity index (χ1v) is 9.50. The lowest BCUT2D eigenvalue weighted by atomic mass is 10.1. The van der Waals surface area contributed by atoms with Gasteiger partial charge in [-0.1, -0.05) is 36.4 Å². The first kappa shape index (κ1) is 16.6. The standard InChI is InChI=1S/C22H27NO2/c24-20-10-12-23(13-11-20)15-17-4-1-5-18(14-17)16-25-22-9-3-7-19-6-2-8-21(19)22/h1,3-5,7,9,14,20,24H,2,6,8,10-13,15-16H2. The monoisotopic (exact) mass is 337 g/mol. The van der Waals surface area contributed by atoms with E-state index in [0.717, 1.165) is 44.6 Å². The third-order valence-electron chi connectivity index (χ3n) is 5.45. The van der Waals surface area contributed by atoms with E-state index in [2.05, 4.69) is 47.4 Å². The van der Waals surface area contributed by atoms with Crippen LogP contribution in [0.2, 0.25) is 0 Å². The number of rotatable bonds is 5. The maximum absolute atomic E-state index is 9.64. The highest BCUT2D eigenvalue weighted by Gasteiger charge is 2.17. The van der Waals surface area contributed by atoms with Crippen LogP contribution in [0.4, 0.5) is 0 Å². The summed E-state index contributed by atoms with van der Waals surface area (Å²) in [6.45, 7) is 3.56. The molecule has 0 radical (unpaired) electrons. The van der Waals surface area contributed by atoms with Crippen LogP contribution in [-0.4, -0.2) is 29.2 Å². The number of aliphatic hydroxyl groups is 1. The zero-order valence-electron chi connectivity index (χ0n) is 14.8. The lowest BCUT2D eigenvalue weighted by molar-refractivity contribution is 0.0792. The second kappa shape index (κ2) is 7.59. The van der Waals surface area contributed by atoms with Crippen LogP contribution in [0.3, 0.4) is 0 Å². The Balaban J connectivity index is 1.38. The Morgan fingerprint density at radius 3 is 2.68 bits per heavy atom. The van der Waals surface area contributed by atoms with Gasteiger partial charge in [-0.25, -0.2) is 0 Å². The Morgan fingerprint density at radius 2 is 1.80 bits per heavy atom. The third kappa shape index (κ3) is 4.05. The molecule has 1 saturated heterocycles. The van der Waals surface area contributed by atoms with Crippen LogP contribution >= 0.6 is 0 Å². The minimum atomic E-state index is -0.108. The van der Waals surface area contributed by atoms with Gasteiger partial charge in [0.15, 0.2) is 0 Å². The van der Waals surface area contributed by atoms with E-state index in [0.29, 0.717) is 6.61 Å². The summed E-state index contributed by atoms with van der Waals surface area (Å²) in [5, 5.41) is 9.64. The Labute approximate surface area is 150 Å². The number of hydrogen-bond donors (Lipinski definition) is 1. The highest BCUT2D eigenvalue weighted by Crippen LogP contribution is 2.31. The van der Waals surface area contributed by atoms with E-state index >= 15 is 0 Å². The van der Waals surface area contributed by atoms with Crippen molar-refractivity contribution in [2.45, 2.75) is 51.4 Å². The third-order valence-corrected chi connectivity index (χ3v) is 5.45. The molecule has 0 spiro atoms. The van der Waals surface area contributed by atoms with Crippen LogP contribution < -0.4 is 4.74 Å². The maximum atomic E-state index is 9.64. The van der Waals surface area contributed by atoms with Crippen LogP contribution in [0.5, 0.6) is 5.75 Å². The Bertz CT molecular complexity index is 720. The fourth-order valence-electron chi connectivity index (χ4n) is 4.03. The molecule has 1 fully saturated rings. The molecule has 25 heavy (non-hydrogen) atoms. The lowest BCUT2D eigenvalue weighted by Gasteiger charge is -2.29. The molecule has 3 nitrogen and oxygen atoms in total.